The minimum absolute atomic E-state index is 0.125. The first-order valence-corrected chi connectivity index (χ1v) is 6.90. The number of anilines is 2. The van der Waals surface area contributed by atoms with Crippen LogP contribution in [0.3, 0.4) is 0 Å². The van der Waals surface area contributed by atoms with Crippen molar-refractivity contribution in [3.63, 3.8) is 0 Å². The van der Waals surface area contributed by atoms with Gasteiger partial charge in [0.1, 0.15) is 6.07 Å². The Bertz CT molecular complexity index is 893. The second-order valence-electron chi connectivity index (χ2n) is 4.35. The lowest BCUT2D eigenvalue weighted by Gasteiger charge is -2.04. The largest absolute Gasteiger partial charge is 0.341 e. The summed E-state index contributed by atoms with van der Waals surface area (Å²) in [5.41, 5.74) is 1.07. The number of nitro groups is 2. The summed E-state index contributed by atoms with van der Waals surface area (Å²) in [6.07, 6.45) is 1.67. The molecule has 22 heavy (non-hydrogen) atoms. The molecule has 3 rings (SSSR count). The van der Waals surface area contributed by atoms with E-state index in [2.05, 4.69) is 10.3 Å². The van der Waals surface area contributed by atoms with Crippen LogP contribution in [-0.4, -0.2) is 14.8 Å². The predicted octanol–water partition coefficient (Wildman–Crippen LogP) is 3.86. The van der Waals surface area contributed by atoms with Crippen LogP contribution in [0.2, 0.25) is 0 Å². The molecule has 1 N–H and O–H groups in total. The number of nitrogens with zero attached hydrogens (tertiary/aromatic N) is 3. The van der Waals surface area contributed by atoms with Crippen molar-refractivity contribution >= 4 is 43.6 Å². The van der Waals surface area contributed by atoms with E-state index in [-0.39, 0.29) is 15.7 Å². The molecule has 0 aliphatic carbocycles. The van der Waals surface area contributed by atoms with Crippen molar-refractivity contribution in [1.29, 1.82) is 0 Å². The summed E-state index contributed by atoms with van der Waals surface area (Å²) in [7, 11) is 0. The van der Waals surface area contributed by atoms with Crippen LogP contribution in [0.5, 0.6) is 0 Å². The van der Waals surface area contributed by atoms with Gasteiger partial charge in [0.15, 0.2) is 5.00 Å². The van der Waals surface area contributed by atoms with Crippen LogP contribution in [0.1, 0.15) is 0 Å². The van der Waals surface area contributed by atoms with Gasteiger partial charge in [0.2, 0.25) is 0 Å². The molecule has 9 heteroatoms. The summed E-state index contributed by atoms with van der Waals surface area (Å²) >= 11 is 0.729. The van der Waals surface area contributed by atoms with Gasteiger partial charge in [0.25, 0.3) is 0 Å². The molecule has 0 spiro atoms. The molecule has 0 saturated carbocycles. The van der Waals surface area contributed by atoms with E-state index in [1.807, 2.05) is 6.07 Å². The third-order valence-electron chi connectivity index (χ3n) is 2.94. The van der Waals surface area contributed by atoms with Gasteiger partial charge in [0, 0.05) is 17.3 Å². The maximum absolute atomic E-state index is 11.0. The second-order valence-corrected chi connectivity index (χ2v) is 5.38. The van der Waals surface area contributed by atoms with E-state index in [4.69, 9.17) is 0 Å². The molecule has 0 bridgehead atoms. The van der Waals surface area contributed by atoms with Crippen LogP contribution >= 0.6 is 11.3 Å². The van der Waals surface area contributed by atoms with Crippen molar-refractivity contribution < 1.29 is 9.85 Å². The molecule has 0 amide bonds. The Morgan fingerprint density at radius 2 is 1.91 bits per heavy atom. The average Bonchev–Trinajstić information content (AvgIpc) is 2.91. The molecular weight excluding hydrogens is 308 g/mol. The number of thiophene rings is 1. The Kier molecular flexibility index (Phi) is 3.39. The first-order valence-electron chi connectivity index (χ1n) is 6.09. The highest BCUT2D eigenvalue weighted by atomic mass is 32.1. The van der Waals surface area contributed by atoms with Gasteiger partial charge in [-0.2, -0.15) is 0 Å². The van der Waals surface area contributed by atoms with Gasteiger partial charge in [-0.1, -0.05) is 6.07 Å². The molecule has 8 nitrogen and oxygen atoms in total. The molecule has 0 radical (unpaired) electrons. The van der Waals surface area contributed by atoms with Crippen molar-refractivity contribution in [1.82, 2.24) is 4.98 Å². The number of pyridine rings is 1. The van der Waals surface area contributed by atoms with Gasteiger partial charge >= 0.3 is 10.7 Å². The van der Waals surface area contributed by atoms with E-state index in [0.29, 0.717) is 5.69 Å². The molecule has 0 fully saturated rings. The first kappa shape index (κ1) is 13.9. The first-order chi connectivity index (χ1) is 10.5. The van der Waals surface area contributed by atoms with E-state index in [0.717, 1.165) is 28.3 Å². The zero-order valence-corrected chi connectivity index (χ0v) is 11.7. The van der Waals surface area contributed by atoms with Crippen LogP contribution in [0.4, 0.5) is 21.4 Å². The summed E-state index contributed by atoms with van der Waals surface area (Å²) in [5.74, 6) is 0. The quantitative estimate of drug-likeness (QED) is 0.578. The third kappa shape index (κ3) is 2.56. The molecule has 110 valence electrons. The SMILES string of the molecule is O=[N+]([O-])c1cc([N+](=O)[O-])c(Nc2ccc3ncccc3c2)s1. The minimum Gasteiger partial charge on any atom is -0.341 e. The average molecular weight is 316 g/mol. The van der Waals surface area contributed by atoms with Crippen molar-refractivity contribution in [2.45, 2.75) is 0 Å². The molecule has 2 aromatic heterocycles. The Morgan fingerprint density at radius 3 is 2.64 bits per heavy atom. The number of nitrogens with one attached hydrogen (secondary N) is 1. The third-order valence-corrected chi connectivity index (χ3v) is 3.93. The summed E-state index contributed by atoms with van der Waals surface area (Å²) < 4.78 is 0. The number of fused-ring (bicyclic) bond motifs is 1. The summed E-state index contributed by atoms with van der Waals surface area (Å²) in [6.45, 7) is 0. The lowest BCUT2D eigenvalue weighted by Crippen LogP contribution is -1.93. The zero-order chi connectivity index (χ0) is 15.7. The lowest BCUT2D eigenvalue weighted by molar-refractivity contribution is -0.389. The molecule has 2 heterocycles. The topological polar surface area (TPSA) is 111 Å². The fourth-order valence-electron chi connectivity index (χ4n) is 1.97. The van der Waals surface area contributed by atoms with Crippen LogP contribution in [0, 0.1) is 20.2 Å². The molecule has 0 aliphatic heterocycles. The number of hydrogen-bond donors (Lipinski definition) is 1. The van der Waals surface area contributed by atoms with Crippen molar-refractivity contribution in [2.24, 2.45) is 0 Å². The normalized spacial score (nSPS) is 10.5. The van der Waals surface area contributed by atoms with Gasteiger partial charge in [-0.15, -0.1) is 0 Å². The highest BCUT2D eigenvalue weighted by molar-refractivity contribution is 7.19. The van der Waals surface area contributed by atoms with Gasteiger partial charge in [-0.05, 0) is 35.6 Å². The lowest BCUT2D eigenvalue weighted by atomic mass is 10.2. The molecule has 3 aromatic rings. The number of aromatic nitrogens is 1. The summed E-state index contributed by atoms with van der Waals surface area (Å²) in [5, 5.41) is 25.3. The van der Waals surface area contributed by atoms with E-state index in [9.17, 15) is 20.2 Å². The van der Waals surface area contributed by atoms with E-state index >= 15 is 0 Å². The smallest absolute Gasteiger partial charge is 0.333 e. The minimum atomic E-state index is -0.646. The standard InChI is InChI=1S/C13H8N4O4S/c18-16(19)11-7-12(17(20)21)22-13(11)15-9-3-4-10-8(6-9)2-1-5-14-10/h1-7,15H. The Balaban J connectivity index is 2.00. The van der Waals surface area contributed by atoms with Crippen molar-refractivity contribution in [3.05, 3.63) is 62.8 Å². The Morgan fingerprint density at radius 1 is 1.09 bits per heavy atom. The predicted molar refractivity (Wildman–Crippen MR) is 82.7 cm³/mol. The summed E-state index contributed by atoms with van der Waals surface area (Å²) in [6, 6.07) is 9.85. The molecule has 0 atom stereocenters. The van der Waals surface area contributed by atoms with Crippen LogP contribution in [0.15, 0.2) is 42.6 Å². The summed E-state index contributed by atoms with van der Waals surface area (Å²) in [4.78, 5) is 24.7. The van der Waals surface area contributed by atoms with E-state index < -0.39 is 9.85 Å². The highest BCUT2D eigenvalue weighted by Crippen LogP contribution is 2.40. The van der Waals surface area contributed by atoms with E-state index in [1.54, 1.807) is 30.5 Å². The molecular formula is C13H8N4O4S. The Labute approximate surface area is 127 Å². The number of rotatable bonds is 4. The van der Waals surface area contributed by atoms with Gasteiger partial charge in [0.05, 0.1) is 15.4 Å². The number of benzene rings is 1. The van der Waals surface area contributed by atoms with Crippen LogP contribution < -0.4 is 5.32 Å². The van der Waals surface area contributed by atoms with Gasteiger partial charge in [-0.3, -0.25) is 25.2 Å². The fraction of sp³-hybridized carbons (Fsp3) is 0. The molecule has 1 aromatic carbocycles. The maximum Gasteiger partial charge on any atom is 0.333 e. The van der Waals surface area contributed by atoms with Crippen LogP contribution in [-0.2, 0) is 0 Å². The fourth-order valence-corrected chi connectivity index (χ4v) is 2.83. The van der Waals surface area contributed by atoms with Crippen molar-refractivity contribution in [2.75, 3.05) is 5.32 Å². The maximum atomic E-state index is 11.0. The molecule has 0 saturated heterocycles. The second kappa shape index (κ2) is 5.37. The van der Waals surface area contributed by atoms with E-state index in [1.165, 1.54) is 0 Å². The molecule has 0 aliphatic rings. The Hall–Kier alpha value is -3.07. The van der Waals surface area contributed by atoms with Gasteiger partial charge in [-0.25, -0.2) is 0 Å². The van der Waals surface area contributed by atoms with Crippen LogP contribution in [0.25, 0.3) is 10.9 Å². The van der Waals surface area contributed by atoms with Crippen molar-refractivity contribution in [3.8, 4) is 0 Å². The zero-order valence-electron chi connectivity index (χ0n) is 10.9. The highest BCUT2D eigenvalue weighted by Gasteiger charge is 2.25. The number of hydrogen-bond acceptors (Lipinski definition) is 7. The molecule has 0 unspecified atom stereocenters. The van der Waals surface area contributed by atoms with Gasteiger partial charge < -0.3 is 5.32 Å². The monoisotopic (exact) mass is 316 g/mol.